The van der Waals surface area contributed by atoms with Crippen molar-refractivity contribution in [1.82, 2.24) is 15.3 Å². The highest BCUT2D eigenvalue weighted by Gasteiger charge is 2.14. The van der Waals surface area contributed by atoms with Gasteiger partial charge < -0.3 is 14.8 Å². The molecule has 8 heteroatoms. The minimum Gasteiger partial charge on any atom is -0.491 e. The van der Waals surface area contributed by atoms with E-state index in [0.29, 0.717) is 10.9 Å². The lowest BCUT2D eigenvalue weighted by molar-refractivity contribution is -0.119. The molecule has 6 nitrogen and oxygen atoms in total. The van der Waals surface area contributed by atoms with Gasteiger partial charge in [-0.2, -0.15) is 0 Å². The first kappa shape index (κ1) is 19.3. The zero-order valence-corrected chi connectivity index (χ0v) is 17.2. The summed E-state index contributed by atoms with van der Waals surface area (Å²) in [7, 11) is 0. The van der Waals surface area contributed by atoms with Gasteiger partial charge in [0.05, 0.1) is 23.2 Å². The van der Waals surface area contributed by atoms with Crippen LogP contribution >= 0.6 is 22.7 Å². The summed E-state index contributed by atoms with van der Waals surface area (Å²) in [5.74, 6) is 1.45. The van der Waals surface area contributed by atoms with Crippen molar-refractivity contribution in [1.29, 1.82) is 0 Å². The minimum absolute atomic E-state index is 0.0595. The summed E-state index contributed by atoms with van der Waals surface area (Å²) >= 11 is 2.97. The van der Waals surface area contributed by atoms with E-state index in [9.17, 15) is 4.79 Å². The Hall–Kier alpha value is -2.45. The number of carbonyl (C=O) groups is 1. The summed E-state index contributed by atoms with van der Waals surface area (Å²) in [4.78, 5) is 21.9. The molecule has 1 unspecified atom stereocenters. The van der Waals surface area contributed by atoms with Crippen molar-refractivity contribution in [2.75, 3.05) is 0 Å². The Morgan fingerprint density at radius 3 is 2.41 bits per heavy atom. The lowest BCUT2D eigenvalue weighted by Gasteiger charge is -2.09. The molecule has 0 fully saturated rings. The molecule has 0 aliphatic heterocycles. The van der Waals surface area contributed by atoms with Crippen LogP contribution < -0.4 is 14.8 Å². The fraction of sp³-hybridized carbons (Fsp3) is 0.316. The third kappa shape index (κ3) is 5.27. The van der Waals surface area contributed by atoms with E-state index in [1.54, 1.807) is 12.4 Å². The largest absolute Gasteiger partial charge is 0.491 e. The molecule has 1 aromatic carbocycles. The number of aromatic nitrogens is 2. The molecule has 0 aliphatic carbocycles. The predicted molar refractivity (Wildman–Crippen MR) is 108 cm³/mol. The second-order valence-electron chi connectivity index (χ2n) is 6.22. The standard InChI is InChI=1S/C19H21N3O3S2/c1-11(2)24-14-5-7-15(8-6-14)25-19-21-10-17(27-19)18-20-9-16(26-18)12(3)22-13(4)23/h5-12H,1-4H3,(H,22,23). The summed E-state index contributed by atoms with van der Waals surface area (Å²) < 4.78 is 11.4. The molecule has 2 heterocycles. The molecular formula is C19H21N3O3S2. The van der Waals surface area contributed by atoms with Crippen LogP contribution in [-0.4, -0.2) is 22.0 Å². The molecule has 1 atom stereocenters. The molecule has 142 valence electrons. The normalized spacial score (nSPS) is 12.0. The average molecular weight is 404 g/mol. The summed E-state index contributed by atoms with van der Waals surface area (Å²) in [5, 5.41) is 4.27. The molecule has 0 saturated carbocycles. The average Bonchev–Trinajstić information content (AvgIpc) is 3.25. The van der Waals surface area contributed by atoms with Crippen LogP contribution in [0.25, 0.3) is 9.88 Å². The zero-order chi connectivity index (χ0) is 19.4. The number of nitrogens with zero attached hydrogens (tertiary/aromatic N) is 2. The van der Waals surface area contributed by atoms with E-state index in [2.05, 4.69) is 15.3 Å². The minimum atomic E-state index is -0.0658. The van der Waals surface area contributed by atoms with Crippen LogP contribution in [0, 0.1) is 0 Å². The van der Waals surface area contributed by atoms with Crippen LogP contribution in [0.4, 0.5) is 0 Å². The highest BCUT2D eigenvalue weighted by atomic mass is 32.1. The van der Waals surface area contributed by atoms with Gasteiger partial charge in [-0.1, -0.05) is 11.3 Å². The zero-order valence-electron chi connectivity index (χ0n) is 15.6. The first-order valence-electron chi connectivity index (χ1n) is 8.54. The number of ether oxygens (including phenoxy) is 2. The summed E-state index contributed by atoms with van der Waals surface area (Å²) in [5.41, 5.74) is 0. The molecule has 2 aromatic heterocycles. The fourth-order valence-corrected chi connectivity index (χ4v) is 4.09. The lowest BCUT2D eigenvalue weighted by atomic mass is 10.3. The summed E-state index contributed by atoms with van der Waals surface area (Å²) in [6.45, 7) is 7.42. The van der Waals surface area contributed by atoms with Gasteiger partial charge in [-0.25, -0.2) is 9.97 Å². The van der Waals surface area contributed by atoms with Crippen molar-refractivity contribution in [3.05, 3.63) is 41.5 Å². The Bertz CT molecular complexity index is 903. The Morgan fingerprint density at radius 1 is 1.04 bits per heavy atom. The van der Waals surface area contributed by atoms with Crippen LogP contribution in [0.3, 0.4) is 0 Å². The van der Waals surface area contributed by atoms with E-state index < -0.39 is 0 Å². The predicted octanol–water partition coefficient (Wildman–Crippen LogP) is 5.04. The van der Waals surface area contributed by atoms with Gasteiger partial charge in [0, 0.05) is 18.0 Å². The lowest BCUT2D eigenvalue weighted by Crippen LogP contribution is -2.22. The number of thiazole rings is 2. The molecule has 0 saturated heterocycles. The van der Waals surface area contributed by atoms with E-state index in [4.69, 9.17) is 9.47 Å². The Kier molecular flexibility index (Phi) is 6.08. The van der Waals surface area contributed by atoms with Gasteiger partial charge in [0.25, 0.3) is 5.19 Å². The van der Waals surface area contributed by atoms with E-state index >= 15 is 0 Å². The van der Waals surface area contributed by atoms with Crippen LogP contribution in [-0.2, 0) is 4.79 Å². The molecule has 3 rings (SSSR count). The first-order valence-corrected chi connectivity index (χ1v) is 10.2. The Labute approximate surface area is 166 Å². The van der Waals surface area contributed by atoms with Gasteiger partial charge in [-0.05, 0) is 45.0 Å². The van der Waals surface area contributed by atoms with Gasteiger partial charge in [0.15, 0.2) is 0 Å². The van der Waals surface area contributed by atoms with E-state index in [-0.39, 0.29) is 18.1 Å². The third-order valence-electron chi connectivity index (χ3n) is 3.47. The molecule has 1 amide bonds. The van der Waals surface area contributed by atoms with E-state index in [1.807, 2.05) is 45.0 Å². The van der Waals surface area contributed by atoms with Crippen molar-refractivity contribution in [3.8, 4) is 26.6 Å². The Balaban J connectivity index is 1.66. The number of hydrogen-bond donors (Lipinski definition) is 1. The first-order chi connectivity index (χ1) is 12.9. The SMILES string of the molecule is CC(=O)NC(C)c1cnc(-c2cnc(Oc3ccc(OC(C)C)cc3)s2)s1. The second-order valence-corrected chi connectivity index (χ2v) is 8.28. The summed E-state index contributed by atoms with van der Waals surface area (Å²) in [6, 6.07) is 7.40. The van der Waals surface area contributed by atoms with Crippen molar-refractivity contribution in [2.24, 2.45) is 0 Å². The number of benzene rings is 1. The fourth-order valence-electron chi connectivity index (χ4n) is 2.34. The van der Waals surface area contributed by atoms with Gasteiger partial charge in [-0.15, -0.1) is 11.3 Å². The van der Waals surface area contributed by atoms with Crippen molar-refractivity contribution in [3.63, 3.8) is 0 Å². The molecule has 3 aromatic rings. The smallest absolute Gasteiger partial charge is 0.279 e. The van der Waals surface area contributed by atoms with Gasteiger partial charge >= 0.3 is 0 Å². The van der Waals surface area contributed by atoms with Gasteiger partial charge in [0.1, 0.15) is 16.5 Å². The number of amides is 1. The Morgan fingerprint density at radius 2 is 1.74 bits per heavy atom. The molecule has 0 radical (unpaired) electrons. The quantitative estimate of drug-likeness (QED) is 0.598. The molecule has 0 spiro atoms. The number of nitrogens with one attached hydrogen (secondary N) is 1. The van der Waals surface area contributed by atoms with Crippen molar-refractivity contribution < 1.29 is 14.3 Å². The van der Waals surface area contributed by atoms with Crippen LogP contribution in [0.2, 0.25) is 0 Å². The topological polar surface area (TPSA) is 73.3 Å². The number of hydrogen-bond acceptors (Lipinski definition) is 7. The highest BCUT2D eigenvalue weighted by molar-refractivity contribution is 7.22. The van der Waals surface area contributed by atoms with Crippen LogP contribution in [0.5, 0.6) is 16.7 Å². The number of rotatable bonds is 7. The van der Waals surface area contributed by atoms with E-state index in [1.165, 1.54) is 29.6 Å². The maximum atomic E-state index is 11.2. The third-order valence-corrected chi connectivity index (χ3v) is 5.69. The monoisotopic (exact) mass is 403 g/mol. The number of carbonyl (C=O) groups excluding carboxylic acids is 1. The second kappa shape index (κ2) is 8.49. The van der Waals surface area contributed by atoms with Crippen LogP contribution in [0.1, 0.15) is 38.6 Å². The molecule has 0 aliphatic rings. The highest BCUT2D eigenvalue weighted by Crippen LogP contribution is 2.36. The molecule has 0 bridgehead atoms. The van der Waals surface area contributed by atoms with E-state index in [0.717, 1.165) is 20.5 Å². The van der Waals surface area contributed by atoms with Crippen molar-refractivity contribution in [2.45, 2.75) is 39.8 Å². The maximum absolute atomic E-state index is 11.2. The molecule has 1 N–H and O–H groups in total. The van der Waals surface area contributed by atoms with Crippen LogP contribution in [0.15, 0.2) is 36.7 Å². The molecular weight excluding hydrogens is 382 g/mol. The maximum Gasteiger partial charge on any atom is 0.279 e. The molecule has 27 heavy (non-hydrogen) atoms. The van der Waals surface area contributed by atoms with Gasteiger partial charge in [-0.3, -0.25) is 4.79 Å². The summed E-state index contributed by atoms with van der Waals surface area (Å²) in [6.07, 6.45) is 3.67. The van der Waals surface area contributed by atoms with Crippen molar-refractivity contribution >= 4 is 28.6 Å². The van der Waals surface area contributed by atoms with Gasteiger partial charge in [0.2, 0.25) is 5.91 Å².